The molecule has 0 aromatic heterocycles. The zero-order valence-corrected chi connectivity index (χ0v) is 9.57. The molecule has 1 nitrogen and oxygen atoms in total. The Bertz CT molecular complexity index is 289. The van der Waals surface area contributed by atoms with Crippen molar-refractivity contribution in [2.75, 3.05) is 5.75 Å². The van der Waals surface area contributed by atoms with E-state index in [2.05, 4.69) is 34.1 Å². The smallest absolute Gasteiger partial charge is 0.0630 e. The molecule has 68 valence electrons. The number of halogens is 1. The van der Waals surface area contributed by atoms with Crippen molar-refractivity contribution in [1.82, 2.24) is 0 Å². The zero-order chi connectivity index (χ0) is 9.52. The average Bonchev–Trinajstić information content (AvgIpc) is 2.15. The number of thioether (sulfide) groups is 1. The zero-order valence-electron chi connectivity index (χ0n) is 7.16. The number of nitrogens with zero attached hydrogens (tertiary/aromatic N) is 1. The van der Waals surface area contributed by atoms with Gasteiger partial charge < -0.3 is 0 Å². The van der Waals surface area contributed by atoms with E-state index >= 15 is 0 Å². The Kier molecular flexibility index (Phi) is 4.95. The molecule has 0 aliphatic heterocycles. The van der Waals surface area contributed by atoms with Crippen LogP contribution in [-0.4, -0.2) is 5.75 Å². The van der Waals surface area contributed by atoms with Crippen molar-refractivity contribution in [3.8, 4) is 6.07 Å². The second-order valence-corrected chi connectivity index (χ2v) is 4.61. The van der Waals surface area contributed by atoms with Crippen LogP contribution in [0.5, 0.6) is 0 Å². The van der Waals surface area contributed by atoms with E-state index in [1.54, 1.807) is 11.8 Å². The molecular formula is C10H10BrNS. The van der Waals surface area contributed by atoms with E-state index in [4.69, 9.17) is 5.26 Å². The topological polar surface area (TPSA) is 23.8 Å². The van der Waals surface area contributed by atoms with Gasteiger partial charge in [-0.25, -0.2) is 0 Å². The second kappa shape index (κ2) is 6.06. The van der Waals surface area contributed by atoms with E-state index in [0.29, 0.717) is 6.42 Å². The van der Waals surface area contributed by atoms with E-state index in [0.717, 1.165) is 16.0 Å². The van der Waals surface area contributed by atoms with Gasteiger partial charge in [0.2, 0.25) is 0 Å². The molecule has 0 amide bonds. The van der Waals surface area contributed by atoms with Gasteiger partial charge in [-0.3, -0.25) is 0 Å². The molecule has 0 bridgehead atoms. The van der Waals surface area contributed by atoms with Gasteiger partial charge in [-0.1, -0.05) is 28.1 Å². The molecule has 1 rings (SSSR count). The first-order chi connectivity index (χ1) is 6.33. The summed E-state index contributed by atoms with van der Waals surface area (Å²) >= 11 is 5.19. The lowest BCUT2D eigenvalue weighted by atomic mass is 10.2. The number of nitriles is 1. The minimum absolute atomic E-state index is 0.640. The lowest BCUT2D eigenvalue weighted by Crippen LogP contribution is -1.81. The van der Waals surface area contributed by atoms with Crippen molar-refractivity contribution in [1.29, 1.82) is 5.26 Å². The van der Waals surface area contributed by atoms with Crippen LogP contribution in [0.1, 0.15) is 12.0 Å². The fraction of sp³-hybridized carbons (Fsp3) is 0.300. The lowest BCUT2D eigenvalue weighted by Gasteiger charge is -1.99. The van der Waals surface area contributed by atoms with E-state index < -0.39 is 0 Å². The monoisotopic (exact) mass is 255 g/mol. The van der Waals surface area contributed by atoms with Gasteiger partial charge >= 0.3 is 0 Å². The first-order valence-electron chi connectivity index (χ1n) is 4.02. The highest BCUT2D eigenvalue weighted by Gasteiger charge is 1.93. The maximum Gasteiger partial charge on any atom is 0.0630 e. The van der Waals surface area contributed by atoms with Gasteiger partial charge in [0.25, 0.3) is 0 Å². The minimum atomic E-state index is 0.640. The van der Waals surface area contributed by atoms with Crippen LogP contribution in [0.2, 0.25) is 0 Å². The third-order valence-electron chi connectivity index (χ3n) is 1.54. The molecule has 0 saturated carbocycles. The molecule has 13 heavy (non-hydrogen) atoms. The van der Waals surface area contributed by atoms with Gasteiger partial charge in [-0.2, -0.15) is 17.0 Å². The summed E-state index contributed by atoms with van der Waals surface area (Å²) in [4.78, 5) is 0. The van der Waals surface area contributed by atoms with E-state index in [1.807, 2.05) is 12.1 Å². The molecule has 1 aromatic rings. The Morgan fingerprint density at radius 3 is 2.62 bits per heavy atom. The van der Waals surface area contributed by atoms with Crippen LogP contribution in [-0.2, 0) is 5.75 Å². The summed E-state index contributed by atoms with van der Waals surface area (Å²) in [6.45, 7) is 0. The van der Waals surface area contributed by atoms with E-state index in [-0.39, 0.29) is 0 Å². The molecule has 0 atom stereocenters. The molecule has 0 spiro atoms. The molecule has 0 unspecified atom stereocenters. The maximum absolute atomic E-state index is 8.33. The molecule has 0 aliphatic rings. The number of hydrogen-bond acceptors (Lipinski definition) is 2. The Hall–Kier alpha value is -0.460. The lowest BCUT2D eigenvalue weighted by molar-refractivity contribution is 1.23. The van der Waals surface area contributed by atoms with Gasteiger partial charge in [0.05, 0.1) is 6.07 Å². The standard InChI is InChI=1S/C10H10BrNS/c11-10-4-2-9(3-5-10)8-13-7-1-6-12/h2-5H,1,7-8H2. The average molecular weight is 256 g/mol. The second-order valence-electron chi connectivity index (χ2n) is 2.59. The van der Waals surface area contributed by atoms with Gasteiger partial charge in [0.15, 0.2) is 0 Å². The Balaban J connectivity index is 2.30. The van der Waals surface area contributed by atoms with Gasteiger partial charge in [0, 0.05) is 22.4 Å². The SMILES string of the molecule is N#CCCSCc1ccc(Br)cc1. The van der Waals surface area contributed by atoms with Crippen LogP contribution in [0.25, 0.3) is 0 Å². The predicted octanol–water partition coefficient (Wildman–Crippen LogP) is 3.60. The summed E-state index contributed by atoms with van der Waals surface area (Å²) in [5, 5.41) is 8.33. The Labute approximate surface area is 91.3 Å². The molecule has 3 heteroatoms. The van der Waals surface area contributed by atoms with Crippen molar-refractivity contribution in [2.24, 2.45) is 0 Å². The van der Waals surface area contributed by atoms with Gasteiger partial charge in [-0.05, 0) is 17.7 Å². The first-order valence-corrected chi connectivity index (χ1v) is 5.97. The minimum Gasteiger partial charge on any atom is -0.198 e. The molecule has 0 aliphatic carbocycles. The summed E-state index contributed by atoms with van der Waals surface area (Å²) in [5.74, 6) is 1.92. The van der Waals surface area contributed by atoms with Crippen LogP contribution in [0.3, 0.4) is 0 Å². The third kappa shape index (κ3) is 4.35. The fourth-order valence-electron chi connectivity index (χ4n) is 0.888. The molecule has 0 radical (unpaired) electrons. The van der Waals surface area contributed by atoms with Crippen molar-refractivity contribution in [3.63, 3.8) is 0 Å². The fourth-order valence-corrected chi connectivity index (χ4v) is 1.96. The number of benzene rings is 1. The molecular weight excluding hydrogens is 246 g/mol. The van der Waals surface area contributed by atoms with E-state index in [9.17, 15) is 0 Å². The summed E-state index contributed by atoms with van der Waals surface area (Å²) in [5.41, 5.74) is 1.31. The van der Waals surface area contributed by atoms with Crippen LogP contribution in [0.4, 0.5) is 0 Å². The molecule has 0 saturated heterocycles. The van der Waals surface area contributed by atoms with Gasteiger partial charge in [0.1, 0.15) is 0 Å². The summed E-state index contributed by atoms with van der Waals surface area (Å²) < 4.78 is 1.11. The van der Waals surface area contributed by atoms with Gasteiger partial charge in [-0.15, -0.1) is 0 Å². The van der Waals surface area contributed by atoms with E-state index in [1.165, 1.54) is 5.56 Å². The van der Waals surface area contributed by atoms with Crippen LogP contribution >= 0.6 is 27.7 Å². The van der Waals surface area contributed by atoms with Crippen LogP contribution < -0.4 is 0 Å². The maximum atomic E-state index is 8.33. The summed E-state index contributed by atoms with van der Waals surface area (Å²) in [6.07, 6.45) is 0.640. The quantitative estimate of drug-likeness (QED) is 0.768. The van der Waals surface area contributed by atoms with Crippen molar-refractivity contribution < 1.29 is 0 Å². The summed E-state index contributed by atoms with van der Waals surface area (Å²) in [6, 6.07) is 10.4. The van der Waals surface area contributed by atoms with Crippen LogP contribution in [0, 0.1) is 11.3 Å². The Morgan fingerprint density at radius 2 is 2.00 bits per heavy atom. The van der Waals surface area contributed by atoms with Crippen molar-refractivity contribution >= 4 is 27.7 Å². The Morgan fingerprint density at radius 1 is 1.31 bits per heavy atom. The molecule has 1 aromatic carbocycles. The highest BCUT2D eigenvalue weighted by molar-refractivity contribution is 9.10. The highest BCUT2D eigenvalue weighted by Crippen LogP contribution is 2.16. The molecule has 0 fully saturated rings. The van der Waals surface area contributed by atoms with Crippen molar-refractivity contribution in [2.45, 2.75) is 12.2 Å². The molecule has 0 heterocycles. The summed E-state index contributed by atoms with van der Waals surface area (Å²) in [7, 11) is 0. The number of rotatable bonds is 4. The third-order valence-corrected chi connectivity index (χ3v) is 3.10. The first kappa shape index (κ1) is 10.6. The highest BCUT2D eigenvalue weighted by atomic mass is 79.9. The largest absolute Gasteiger partial charge is 0.198 e. The predicted molar refractivity (Wildman–Crippen MR) is 60.5 cm³/mol. The molecule has 0 N–H and O–H groups in total. The van der Waals surface area contributed by atoms with Crippen molar-refractivity contribution in [3.05, 3.63) is 34.3 Å². The number of hydrogen-bond donors (Lipinski definition) is 0. The van der Waals surface area contributed by atoms with Crippen LogP contribution in [0.15, 0.2) is 28.7 Å². The normalized spacial score (nSPS) is 9.54.